The summed E-state index contributed by atoms with van der Waals surface area (Å²) in [6.45, 7) is 1.89. The maximum absolute atomic E-state index is 12.7. The lowest BCUT2D eigenvalue weighted by molar-refractivity contribution is -0.140. The molecule has 0 spiro atoms. The van der Waals surface area contributed by atoms with Crippen LogP contribution in [-0.2, 0) is 16.0 Å². The number of amides is 2. The molecular formula is C21H28IN5O2. The zero-order valence-corrected chi connectivity index (χ0v) is 18.9. The molecule has 1 saturated carbocycles. The highest BCUT2D eigenvalue weighted by molar-refractivity contribution is 14.0. The third-order valence-corrected chi connectivity index (χ3v) is 6.07. The smallest absolute Gasteiger partial charge is 0.233 e. The Hall–Kier alpha value is -1.97. The number of hydrogen-bond acceptors (Lipinski definition) is 4. The first-order valence-electron chi connectivity index (χ1n) is 10.1. The second kappa shape index (κ2) is 9.69. The SMILES string of the molecule is CN=C(NCCCN1C(=O)C2C3C=CC(C3)C2C1=O)NCCc1cccnc1.I. The predicted molar refractivity (Wildman–Crippen MR) is 122 cm³/mol. The fourth-order valence-electron chi connectivity index (χ4n) is 4.72. The summed E-state index contributed by atoms with van der Waals surface area (Å²) in [6, 6.07) is 3.98. The van der Waals surface area contributed by atoms with Crippen molar-refractivity contribution in [3.63, 3.8) is 0 Å². The van der Waals surface area contributed by atoms with Crippen molar-refractivity contribution in [1.82, 2.24) is 20.5 Å². The van der Waals surface area contributed by atoms with E-state index in [1.165, 1.54) is 10.5 Å². The minimum absolute atomic E-state index is 0. The van der Waals surface area contributed by atoms with Crippen molar-refractivity contribution in [2.75, 3.05) is 26.7 Å². The monoisotopic (exact) mass is 509 g/mol. The summed E-state index contributed by atoms with van der Waals surface area (Å²) in [4.78, 5) is 35.1. The number of allylic oxidation sites excluding steroid dienone is 2. The van der Waals surface area contributed by atoms with Crippen molar-refractivity contribution >= 4 is 41.8 Å². The molecule has 2 aliphatic carbocycles. The van der Waals surface area contributed by atoms with Crippen molar-refractivity contribution in [1.29, 1.82) is 0 Å². The molecule has 2 fully saturated rings. The first-order valence-corrected chi connectivity index (χ1v) is 10.1. The van der Waals surface area contributed by atoms with Crippen molar-refractivity contribution in [2.24, 2.45) is 28.7 Å². The molecule has 1 saturated heterocycles. The van der Waals surface area contributed by atoms with Gasteiger partial charge in [0.15, 0.2) is 5.96 Å². The van der Waals surface area contributed by atoms with Gasteiger partial charge in [-0.25, -0.2) is 0 Å². The number of carbonyl (C=O) groups excluding carboxylic acids is 2. The van der Waals surface area contributed by atoms with Crippen molar-refractivity contribution < 1.29 is 9.59 Å². The lowest BCUT2D eigenvalue weighted by atomic mass is 9.85. The fourth-order valence-corrected chi connectivity index (χ4v) is 4.72. The number of rotatable bonds is 7. The van der Waals surface area contributed by atoms with E-state index in [9.17, 15) is 9.59 Å². The van der Waals surface area contributed by atoms with Gasteiger partial charge in [-0.2, -0.15) is 0 Å². The number of pyridine rings is 1. The summed E-state index contributed by atoms with van der Waals surface area (Å²) in [5.74, 6) is 1.14. The molecule has 2 amide bonds. The molecule has 156 valence electrons. The van der Waals surface area contributed by atoms with Crippen LogP contribution in [0.15, 0.2) is 41.7 Å². The standard InChI is InChI=1S/C21H27N5O2.HI/c1-22-21(25-10-7-14-4-2-8-23-13-14)24-9-3-11-26-19(27)17-15-5-6-16(12-15)18(17)20(26)28;/h2,4-6,8,13,15-18H,3,7,9-12H2,1H3,(H2,22,24,25);1H. The molecule has 0 radical (unpaired) electrons. The molecule has 2 N–H and O–H groups in total. The number of imide groups is 1. The Morgan fingerprint density at radius 1 is 1.17 bits per heavy atom. The quantitative estimate of drug-likeness (QED) is 0.146. The van der Waals surface area contributed by atoms with Crippen molar-refractivity contribution in [3.8, 4) is 0 Å². The van der Waals surface area contributed by atoms with Crippen LogP contribution in [0.5, 0.6) is 0 Å². The first-order chi connectivity index (χ1) is 13.7. The van der Waals surface area contributed by atoms with E-state index in [0.717, 1.165) is 25.3 Å². The Morgan fingerprint density at radius 2 is 1.86 bits per heavy atom. The highest BCUT2D eigenvalue weighted by Gasteiger charge is 2.58. The number of nitrogens with zero attached hydrogens (tertiary/aromatic N) is 3. The van der Waals surface area contributed by atoms with Crippen LogP contribution in [-0.4, -0.2) is 54.3 Å². The highest BCUT2D eigenvalue weighted by atomic mass is 127. The molecule has 8 heteroatoms. The second-order valence-corrected chi connectivity index (χ2v) is 7.72. The van der Waals surface area contributed by atoms with Crippen LogP contribution in [0.3, 0.4) is 0 Å². The van der Waals surface area contributed by atoms with E-state index in [1.54, 1.807) is 13.2 Å². The van der Waals surface area contributed by atoms with Gasteiger partial charge in [-0.3, -0.25) is 24.5 Å². The predicted octanol–water partition coefficient (Wildman–Crippen LogP) is 1.60. The highest BCUT2D eigenvalue weighted by Crippen LogP contribution is 2.52. The average molecular weight is 509 g/mol. The molecule has 2 bridgehead atoms. The Morgan fingerprint density at radius 3 is 2.48 bits per heavy atom. The Kier molecular flexibility index (Phi) is 7.26. The van der Waals surface area contributed by atoms with E-state index >= 15 is 0 Å². The van der Waals surface area contributed by atoms with Gasteiger partial charge < -0.3 is 10.6 Å². The minimum atomic E-state index is -0.0997. The molecule has 1 aromatic heterocycles. The Bertz CT molecular complexity index is 768. The summed E-state index contributed by atoms with van der Waals surface area (Å²) in [6.07, 6.45) is 10.4. The van der Waals surface area contributed by atoms with Crippen LogP contribution in [0.1, 0.15) is 18.4 Å². The van der Waals surface area contributed by atoms with Crippen LogP contribution in [0, 0.1) is 23.7 Å². The lowest BCUT2D eigenvalue weighted by Gasteiger charge is -2.18. The number of halogens is 1. The van der Waals surface area contributed by atoms with E-state index < -0.39 is 0 Å². The molecular weight excluding hydrogens is 481 g/mol. The number of aromatic nitrogens is 1. The zero-order valence-electron chi connectivity index (χ0n) is 16.6. The van der Waals surface area contributed by atoms with Crippen LogP contribution >= 0.6 is 24.0 Å². The van der Waals surface area contributed by atoms with Gasteiger partial charge in [0, 0.05) is 39.1 Å². The summed E-state index contributed by atoms with van der Waals surface area (Å²) < 4.78 is 0. The largest absolute Gasteiger partial charge is 0.356 e. The van der Waals surface area contributed by atoms with E-state index in [1.807, 2.05) is 18.3 Å². The van der Waals surface area contributed by atoms with E-state index in [2.05, 4.69) is 32.8 Å². The topological polar surface area (TPSA) is 86.7 Å². The van der Waals surface area contributed by atoms with Gasteiger partial charge in [0.2, 0.25) is 11.8 Å². The number of guanidine groups is 1. The summed E-state index contributed by atoms with van der Waals surface area (Å²) in [5.41, 5.74) is 1.17. The summed E-state index contributed by atoms with van der Waals surface area (Å²) >= 11 is 0. The van der Waals surface area contributed by atoms with Crippen LogP contribution in [0.4, 0.5) is 0 Å². The molecule has 7 nitrogen and oxygen atoms in total. The van der Waals surface area contributed by atoms with Gasteiger partial charge in [0.05, 0.1) is 11.8 Å². The number of nitrogens with one attached hydrogen (secondary N) is 2. The zero-order chi connectivity index (χ0) is 19.5. The molecule has 4 atom stereocenters. The maximum Gasteiger partial charge on any atom is 0.233 e. The number of carbonyl (C=O) groups is 2. The molecule has 0 aromatic carbocycles. The third kappa shape index (κ3) is 4.46. The van der Waals surface area contributed by atoms with Crippen LogP contribution < -0.4 is 10.6 Å². The van der Waals surface area contributed by atoms with E-state index in [-0.39, 0.29) is 59.5 Å². The Balaban J connectivity index is 0.00000240. The second-order valence-electron chi connectivity index (χ2n) is 7.72. The fraction of sp³-hybridized carbons (Fsp3) is 0.524. The minimum Gasteiger partial charge on any atom is -0.356 e. The van der Waals surface area contributed by atoms with Gasteiger partial charge >= 0.3 is 0 Å². The third-order valence-electron chi connectivity index (χ3n) is 6.07. The summed E-state index contributed by atoms with van der Waals surface area (Å²) in [5, 5.41) is 6.52. The van der Waals surface area contributed by atoms with Crippen LogP contribution in [0.25, 0.3) is 0 Å². The number of likely N-dealkylation sites (tertiary alicyclic amines) is 1. The van der Waals surface area contributed by atoms with Gasteiger partial charge in [-0.15, -0.1) is 24.0 Å². The molecule has 4 unspecified atom stereocenters. The van der Waals surface area contributed by atoms with Gasteiger partial charge in [0.25, 0.3) is 0 Å². The van der Waals surface area contributed by atoms with E-state index in [0.29, 0.717) is 19.5 Å². The normalized spacial score (nSPS) is 27.2. The van der Waals surface area contributed by atoms with E-state index in [4.69, 9.17) is 0 Å². The number of aliphatic imine (C=N–C) groups is 1. The molecule has 29 heavy (non-hydrogen) atoms. The molecule has 3 aliphatic rings. The van der Waals surface area contributed by atoms with Gasteiger partial charge in [-0.1, -0.05) is 18.2 Å². The molecule has 1 aliphatic heterocycles. The molecule has 1 aromatic rings. The Labute approximate surface area is 188 Å². The molecule has 2 heterocycles. The number of fused-ring (bicyclic) bond motifs is 5. The van der Waals surface area contributed by atoms with Crippen molar-refractivity contribution in [3.05, 3.63) is 42.2 Å². The van der Waals surface area contributed by atoms with Gasteiger partial charge in [-0.05, 0) is 42.7 Å². The maximum atomic E-state index is 12.7. The van der Waals surface area contributed by atoms with Crippen LogP contribution in [0.2, 0.25) is 0 Å². The van der Waals surface area contributed by atoms with Crippen molar-refractivity contribution in [2.45, 2.75) is 19.3 Å². The first kappa shape index (κ1) is 21.7. The lowest BCUT2D eigenvalue weighted by Crippen LogP contribution is -2.40. The molecule has 4 rings (SSSR count). The number of hydrogen-bond donors (Lipinski definition) is 2. The average Bonchev–Trinajstić information content (AvgIpc) is 3.39. The summed E-state index contributed by atoms with van der Waals surface area (Å²) in [7, 11) is 1.73. The van der Waals surface area contributed by atoms with Gasteiger partial charge in [0.1, 0.15) is 0 Å².